The van der Waals surface area contributed by atoms with Gasteiger partial charge in [0.25, 0.3) is 17.7 Å². The van der Waals surface area contributed by atoms with Crippen LogP contribution in [0.4, 0.5) is 32.1 Å². The van der Waals surface area contributed by atoms with Gasteiger partial charge in [-0.1, -0.05) is 24.6 Å². The van der Waals surface area contributed by atoms with Gasteiger partial charge in [-0.15, -0.1) is 0 Å². The Hall–Kier alpha value is -8.27. The number of nitrogens with zero attached hydrogens (tertiary/aromatic N) is 9. The van der Waals surface area contributed by atoms with Crippen LogP contribution >= 0.6 is 0 Å². The van der Waals surface area contributed by atoms with E-state index in [9.17, 15) is 33.6 Å². The first-order chi connectivity index (χ1) is 41.8. The number of hydrogen-bond acceptors (Lipinski definition) is 13. The number of aromatic nitrogens is 3. The summed E-state index contributed by atoms with van der Waals surface area (Å²) in [5, 5.41) is 11.9. The average Bonchev–Trinajstić information content (AvgIpc) is 1.58. The van der Waals surface area contributed by atoms with Crippen LogP contribution in [-0.4, -0.2) is 169 Å². The summed E-state index contributed by atoms with van der Waals surface area (Å²) in [5.41, 5.74) is 5.47. The van der Waals surface area contributed by atoms with Crippen molar-refractivity contribution < 1.29 is 42.7 Å². The number of imide groups is 2. The summed E-state index contributed by atoms with van der Waals surface area (Å²) in [6.07, 6.45) is 9.82. The molecule has 21 nitrogen and oxygen atoms in total. The smallest absolute Gasteiger partial charge is 0.320 e. The van der Waals surface area contributed by atoms with E-state index in [0.717, 1.165) is 47.6 Å². The number of carbonyl (C=O) groups excluding carboxylic acids is 8. The van der Waals surface area contributed by atoms with E-state index in [2.05, 4.69) is 43.2 Å². The molecule has 9 amide bonds. The largest absolute Gasteiger partial charge is 0.382 e. The number of anilines is 4. The maximum absolute atomic E-state index is 16.0. The summed E-state index contributed by atoms with van der Waals surface area (Å²) in [4.78, 5) is 130. The number of amides is 9. The van der Waals surface area contributed by atoms with Gasteiger partial charge < -0.3 is 45.0 Å². The highest BCUT2D eigenvalue weighted by Gasteiger charge is 2.56. The average molecular weight is 1190 g/mol. The highest BCUT2D eigenvalue weighted by molar-refractivity contribution is 6.25. The number of hydrogen-bond donors (Lipinski definition) is 4. The number of carbonyl (C=O) groups is 8. The molecule has 4 N–H and O–H groups in total. The molecule has 1 saturated carbocycles. The van der Waals surface area contributed by atoms with Crippen LogP contribution in [0.1, 0.15) is 153 Å². The lowest BCUT2D eigenvalue weighted by molar-refractivity contribution is -0.139. The van der Waals surface area contributed by atoms with Crippen LogP contribution in [-0.2, 0) is 24.6 Å². The number of rotatable bonds is 12. The molecular weight excluding hydrogens is 1110 g/mol. The van der Waals surface area contributed by atoms with Gasteiger partial charge in [0.05, 0.1) is 45.7 Å². The Balaban J connectivity index is 0.691. The molecule has 13 rings (SSSR count). The molecule has 22 heteroatoms. The first kappa shape index (κ1) is 57.8. The number of pyridine rings is 1. The maximum Gasteiger partial charge on any atom is 0.320 e. The van der Waals surface area contributed by atoms with Gasteiger partial charge in [0.1, 0.15) is 17.4 Å². The summed E-state index contributed by atoms with van der Waals surface area (Å²) in [6.45, 7) is 14.1. The van der Waals surface area contributed by atoms with Crippen LogP contribution in [0.15, 0.2) is 60.9 Å². The third kappa shape index (κ3) is 10.3. The van der Waals surface area contributed by atoms with Crippen LogP contribution in [0.25, 0.3) is 22.3 Å². The molecule has 2 aromatic heterocycles. The van der Waals surface area contributed by atoms with Crippen molar-refractivity contribution in [3.8, 4) is 11.3 Å². The quantitative estimate of drug-likeness (QED) is 0.0880. The summed E-state index contributed by atoms with van der Waals surface area (Å²) in [6, 6.07) is 15.0. The second-order valence-electron chi connectivity index (χ2n) is 25.9. The van der Waals surface area contributed by atoms with Gasteiger partial charge in [0.15, 0.2) is 5.82 Å². The lowest BCUT2D eigenvalue weighted by atomic mass is 9.73. The van der Waals surface area contributed by atoms with Crippen molar-refractivity contribution in [1.29, 1.82) is 0 Å². The van der Waals surface area contributed by atoms with Crippen molar-refractivity contribution in [2.75, 3.05) is 67.9 Å². The monoisotopic (exact) mass is 1190 g/mol. The number of piperidine rings is 4. The van der Waals surface area contributed by atoms with E-state index in [-0.39, 0.29) is 83.5 Å². The van der Waals surface area contributed by atoms with E-state index in [1.807, 2.05) is 54.2 Å². The Morgan fingerprint density at radius 2 is 1.52 bits per heavy atom. The minimum Gasteiger partial charge on any atom is -0.382 e. The molecule has 1 unspecified atom stereocenters. The Morgan fingerprint density at radius 1 is 0.770 bits per heavy atom. The number of urea groups is 1. The molecule has 3 aromatic carbocycles. The zero-order valence-electron chi connectivity index (χ0n) is 50.1. The number of imidazole rings is 1. The van der Waals surface area contributed by atoms with Crippen molar-refractivity contribution in [3.05, 3.63) is 94.6 Å². The van der Waals surface area contributed by atoms with Crippen molar-refractivity contribution in [3.63, 3.8) is 0 Å². The highest BCUT2D eigenvalue weighted by atomic mass is 19.1. The summed E-state index contributed by atoms with van der Waals surface area (Å²) in [7, 11) is 0. The Bertz CT molecular complexity index is 3670. The standard InChI is InChI=1S/C65H76FN13O8/c1-36(2)68-58(81)45-32-50(47(66)28-38(45)5)71-57-56-51(67-35-77(56)37(3)4)33-49(70-57)39-12-13-46-53(29-39)78(43-30-42(31-43)73-21-7-6-8-22-73)63(86)65(46)19-26-74(27-20-65)60(83)40-16-23-76(34-40)64(87)75-24-17-41(18-25-75)69-48-11-9-10-44-55(48)62(85)79(61(44)84)52-14-15-54(80)72-59(52)82/h9-13,28-29,32-33,35-37,40-43,52,69H,6-8,14-27,30-31,34H2,1-5H3,(H,68,81)(H,70,71)(H,72,80,82)/t40-,42-,43+,52?/m1/s1. The Morgan fingerprint density at radius 3 is 2.24 bits per heavy atom. The number of halogens is 1. The molecule has 1 spiro atoms. The Kier molecular flexibility index (Phi) is 15.1. The van der Waals surface area contributed by atoms with Crippen molar-refractivity contribution >= 4 is 81.3 Å². The fraction of sp³-hybridized carbons (Fsp3) is 0.508. The first-order valence-electron chi connectivity index (χ1n) is 31.3. The lowest BCUT2D eigenvalue weighted by Gasteiger charge is -2.48. The zero-order valence-corrected chi connectivity index (χ0v) is 50.1. The second kappa shape index (κ2) is 22.8. The number of likely N-dealkylation sites (tertiary alicyclic amines) is 4. The lowest BCUT2D eigenvalue weighted by Crippen LogP contribution is -2.58. The predicted molar refractivity (Wildman–Crippen MR) is 324 cm³/mol. The van der Waals surface area contributed by atoms with Crippen LogP contribution in [0, 0.1) is 18.7 Å². The van der Waals surface area contributed by atoms with Crippen molar-refractivity contribution in [1.82, 2.24) is 49.7 Å². The van der Waals surface area contributed by atoms with Gasteiger partial charge in [0.2, 0.25) is 23.6 Å². The molecule has 5 saturated heterocycles. The van der Waals surface area contributed by atoms with Gasteiger partial charge in [-0.05, 0) is 159 Å². The fourth-order valence-electron chi connectivity index (χ4n) is 14.9. The summed E-state index contributed by atoms with van der Waals surface area (Å²) in [5.74, 6) is -3.03. The van der Waals surface area contributed by atoms with Crippen LogP contribution in [0.5, 0.6) is 0 Å². The van der Waals surface area contributed by atoms with E-state index >= 15 is 9.18 Å². The topological polar surface area (TPSA) is 235 Å². The molecule has 87 heavy (non-hydrogen) atoms. The summed E-state index contributed by atoms with van der Waals surface area (Å²) >= 11 is 0. The fourth-order valence-corrected chi connectivity index (χ4v) is 14.9. The SMILES string of the molecule is Cc1cc(F)c(Nc2nc(-c3ccc4c(c3)N([C@H]3C[C@@H](N5CCCCC5)C3)C(=O)C43CCN(C(=O)[C@@H]4CCN(C(=O)N5CCC(Nc6cccc7c6C(=O)N(C6CCC(=O)NC6=O)C7=O)CC5)C4)CC3)cc3ncn(C(C)C)c23)cc1C(=O)NC(C)C. The number of aryl methyl sites for hydroxylation is 1. The predicted octanol–water partition coefficient (Wildman–Crippen LogP) is 7.65. The van der Waals surface area contributed by atoms with Gasteiger partial charge >= 0.3 is 6.03 Å². The van der Waals surface area contributed by atoms with E-state index < -0.39 is 40.9 Å². The molecule has 0 radical (unpaired) electrons. The van der Waals surface area contributed by atoms with E-state index in [1.54, 1.807) is 36.4 Å². The molecular formula is C65H76FN13O8. The van der Waals surface area contributed by atoms with Crippen LogP contribution in [0.3, 0.4) is 0 Å². The zero-order chi connectivity index (χ0) is 60.7. The molecule has 5 aromatic rings. The maximum atomic E-state index is 16.0. The van der Waals surface area contributed by atoms with Gasteiger partial charge in [0, 0.05) is 98.4 Å². The first-order valence-corrected chi connectivity index (χ1v) is 31.3. The van der Waals surface area contributed by atoms with Crippen molar-refractivity contribution in [2.24, 2.45) is 5.92 Å². The minimum absolute atomic E-state index is 0.00385. The normalized spacial score (nSPS) is 23.3. The second-order valence-corrected chi connectivity index (χ2v) is 25.9. The molecule has 9 heterocycles. The van der Waals surface area contributed by atoms with Crippen LogP contribution < -0.4 is 26.2 Å². The third-order valence-electron chi connectivity index (χ3n) is 19.7. The van der Waals surface area contributed by atoms with Crippen molar-refractivity contribution in [2.45, 2.75) is 153 Å². The third-order valence-corrected chi connectivity index (χ3v) is 19.7. The number of nitrogens with one attached hydrogen (secondary N) is 4. The molecule has 7 aliphatic heterocycles. The molecule has 0 bridgehead atoms. The summed E-state index contributed by atoms with van der Waals surface area (Å²) < 4.78 is 18.0. The van der Waals surface area contributed by atoms with Gasteiger partial charge in [-0.2, -0.15) is 0 Å². The highest BCUT2D eigenvalue weighted by Crippen LogP contribution is 2.53. The van der Waals surface area contributed by atoms with E-state index in [0.29, 0.717) is 117 Å². The van der Waals surface area contributed by atoms with Crippen LogP contribution in [0.2, 0.25) is 0 Å². The minimum atomic E-state index is -1.07. The van der Waals surface area contributed by atoms with Gasteiger partial charge in [-0.25, -0.2) is 19.2 Å². The number of benzene rings is 3. The molecule has 6 fully saturated rings. The molecule has 2 atom stereocenters. The molecule has 8 aliphatic rings. The Labute approximate surface area is 504 Å². The molecule has 456 valence electrons. The van der Waals surface area contributed by atoms with E-state index in [4.69, 9.17) is 9.97 Å². The number of fused-ring (bicyclic) bond motifs is 4. The molecule has 1 aliphatic carbocycles. The van der Waals surface area contributed by atoms with Gasteiger partial charge in [-0.3, -0.25) is 43.8 Å². The van der Waals surface area contributed by atoms with E-state index in [1.165, 1.54) is 31.4 Å².